The van der Waals surface area contributed by atoms with Gasteiger partial charge in [0.25, 0.3) is 11.5 Å². The average molecular weight is 377 g/mol. The number of imidazole rings is 1. The normalized spacial score (nSPS) is 10.9. The van der Waals surface area contributed by atoms with Crippen LogP contribution in [0.1, 0.15) is 10.5 Å². The molecule has 0 radical (unpaired) electrons. The third-order valence-corrected chi connectivity index (χ3v) is 5.09. The van der Waals surface area contributed by atoms with Crippen LogP contribution in [0.25, 0.3) is 10.8 Å². The SMILES string of the molecule is Cn1ccnc1Sc1ccc(NC(=O)c2n[nH]c(=O)c3ccccc23)cc1. The second kappa shape index (κ2) is 7.08. The van der Waals surface area contributed by atoms with Crippen LogP contribution in [0.15, 0.2) is 75.8 Å². The summed E-state index contributed by atoms with van der Waals surface area (Å²) in [4.78, 5) is 29.7. The van der Waals surface area contributed by atoms with Crippen molar-refractivity contribution in [2.75, 3.05) is 5.32 Å². The fourth-order valence-corrected chi connectivity index (χ4v) is 3.44. The molecule has 2 heterocycles. The van der Waals surface area contributed by atoms with Crippen molar-refractivity contribution in [2.45, 2.75) is 10.1 Å². The number of fused-ring (bicyclic) bond motifs is 1. The largest absolute Gasteiger partial charge is 0.329 e. The van der Waals surface area contributed by atoms with Crippen LogP contribution in [0.3, 0.4) is 0 Å². The molecule has 4 aromatic rings. The Balaban J connectivity index is 1.54. The molecule has 1 amide bonds. The standard InChI is InChI=1S/C19H15N5O2S/c1-24-11-10-20-19(24)27-13-8-6-12(7-9-13)21-18(26)16-14-4-2-3-5-15(14)17(25)23-22-16/h2-11H,1H3,(H,21,26)(H,23,25). The van der Waals surface area contributed by atoms with Gasteiger partial charge in [-0.05, 0) is 30.3 Å². The van der Waals surface area contributed by atoms with E-state index in [9.17, 15) is 9.59 Å². The van der Waals surface area contributed by atoms with Crippen molar-refractivity contribution < 1.29 is 4.79 Å². The number of carbonyl (C=O) groups excluding carboxylic acids is 1. The molecule has 8 heteroatoms. The Bertz CT molecular complexity index is 1180. The topological polar surface area (TPSA) is 92.7 Å². The van der Waals surface area contributed by atoms with E-state index in [2.05, 4.69) is 20.5 Å². The Morgan fingerprint density at radius 3 is 2.56 bits per heavy atom. The Morgan fingerprint density at radius 1 is 1.11 bits per heavy atom. The summed E-state index contributed by atoms with van der Waals surface area (Å²) < 4.78 is 1.94. The number of nitrogens with one attached hydrogen (secondary N) is 2. The number of aryl methyl sites for hydroxylation is 1. The molecule has 2 N–H and O–H groups in total. The molecule has 2 aromatic carbocycles. The van der Waals surface area contributed by atoms with Gasteiger partial charge in [-0.1, -0.05) is 30.0 Å². The van der Waals surface area contributed by atoms with Gasteiger partial charge in [0, 0.05) is 35.4 Å². The van der Waals surface area contributed by atoms with Crippen LogP contribution in [-0.4, -0.2) is 25.7 Å². The molecule has 134 valence electrons. The molecule has 0 spiro atoms. The van der Waals surface area contributed by atoms with Crippen molar-refractivity contribution in [1.29, 1.82) is 0 Å². The number of hydrogen-bond donors (Lipinski definition) is 2. The van der Waals surface area contributed by atoms with Gasteiger partial charge >= 0.3 is 0 Å². The van der Waals surface area contributed by atoms with Gasteiger partial charge in [-0.2, -0.15) is 5.10 Å². The van der Waals surface area contributed by atoms with Crippen molar-refractivity contribution in [1.82, 2.24) is 19.7 Å². The molecule has 0 unspecified atom stereocenters. The molecule has 0 fully saturated rings. The predicted molar refractivity (Wildman–Crippen MR) is 104 cm³/mol. The van der Waals surface area contributed by atoms with E-state index >= 15 is 0 Å². The van der Waals surface area contributed by atoms with Crippen LogP contribution in [-0.2, 0) is 7.05 Å². The summed E-state index contributed by atoms with van der Waals surface area (Å²) in [5.74, 6) is -0.382. The van der Waals surface area contributed by atoms with Gasteiger partial charge in [0.15, 0.2) is 10.9 Å². The third kappa shape index (κ3) is 3.47. The van der Waals surface area contributed by atoms with Gasteiger partial charge in [-0.3, -0.25) is 9.59 Å². The zero-order chi connectivity index (χ0) is 18.8. The van der Waals surface area contributed by atoms with E-state index in [4.69, 9.17) is 0 Å². The first-order valence-corrected chi connectivity index (χ1v) is 8.97. The summed E-state index contributed by atoms with van der Waals surface area (Å²) >= 11 is 1.54. The molecule has 2 aromatic heterocycles. The number of carbonyl (C=O) groups is 1. The van der Waals surface area contributed by atoms with Gasteiger partial charge < -0.3 is 9.88 Å². The monoisotopic (exact) mass is 377 g/mol. The Labute approximate surface area is 158 Å². The molecule has 27 heavy (non-hydrogen) atoms. The Kier molecular flexibility index (Phi) is 4.47. The highest BCUT2D eigenvalue weighted by Gasteiger charge is 2.14. The first-order chi connectivity index (χ1) is 13.1. The fraction of sp³-hybridized carbons (Fsp3) is 0.0526. The van der Waals surface area contributed by atoms with Crippen molar-refractivity contribution in [3.63, 3.8) is 0 Å². The van der Waals surface area contributed by atoms with Crippen LogP contribution < -0.4 is 10.9 Å². The second-order valence-electron chi connectivity index (χ2n) is 5.85. The van der Waals surface area contributed by atoms with Crippen LogP contribution in [0.2, 0.25) is 0 Å². The summed E-state index contributed by atoms with van der Waals surface area (Å²) in [6.45, 7) is 0. The quantitative estimate of drug-likeness (QED) is 0.570. The van der Waals surface area contributed by atoms with Gasteiger partial charge in [-0.15, -0.1) is 0 Å². The molecule has 0 bridgehead atoms. The molecule has 0 saturated carbocycles. The Morgan fingerprint density at radius 2 is 1.85 bits per heavy atom. The number of hydrogen-bond acceptors (Lipinski definition) is 5. The van der Waals surface area contributed by atoms with E-state index in [0.29, 0.717) is 16.5 Å². The van der Waals surface area contributed by atoms with Gasteiger partial charge in [0.05, 0.1) is 5.39 Å². The molecule has 0 aliphatic carbocycles. The highest BCUT2D eigenvalue weighted by molar-refractivity contribution is 7.99. The fourth-order valence-electron chi connectivity index (χ4n) is 2.64. The lowest BCUT2D eigenvalue weighted by Gasteiger charge is -2.08. The summed E-state index contributed by atoms with van der Waals surface area (Å²) in [6.07, 6.45) is 3.64. The lowest BCUT2D eigenvalue weighted by atomic mass is 10.1. The van der Waals surface area contributed by atoms with Crippen molar-refractivity contribution in [3.05, 3.63) is 77.0 Å². The van der Waals surface area contributed by atoms with Crippen molar-refractivity contribution in [3.8, 4) is 0 Å². The van der Waals surface area contributed by atoms with Crippen LogP contribution in [0.5, 0.6) is 0 Å². The lowest BCUT2D eigenvalue weighted by Crippen LogP contribution is -2.19. The lowest BCUT2D eigenvalue weighted by molar-refractivity contribution is 0.102. The molecule has 0 saturated heterocycles. The first kappa shape index (κ1) is 17.0. The number of aromatic amines is 1. The summed E-state index contributed by atoms with van der Waals surface area (Å²) in [6, 6.07) is 14.3. The zero-order valence-corrected chi connectivity index (χ0v) is 15.2. The molecule has 0 atom stereocenters. The minimum absolute atomic E-state index is 0.177. The number of nitrogens with zero attached hydrogens (tertiary/aromatic N) is 3. The van der Waals surface area contributed by atoms with Crippen molar-refractivity contribution >= 4 is 34.1 Å². The smallest absolute Gasteiger partial charge is 0.276 e. The summed E-state index contributed by atoms with van der Waals surface area (Å²) in [5.41, 5.74) is 0.496. The molecule has 4 rings (SSSR count). The van der Waals surface area contributed by atoms with E-state index in [1.807, 2.05) is 42.1 Å². The maximum absolute atomic E-state index is 12.6. The van der Waals surface area contributed by atoms with E-state index in [0.717, 1.165) is 10.1 Å². The van der Waals surface area contributed by atoms with E-state index < -0.39 is 0 Å². The first-order valence-electron chi connectivity index (χ1n) is 8.16. The van der Waals surface area contributed by atoms with Crippen LogP contribution >= 0.6 is 11.8 Å². The average Bonchev–Trinajstić information content (AvgIpc) is 3.08. The second-order valence-corrected chi connectivity index (χ2v) is 6.89. The number of rotatable bonds is 4. The van der Waals surface area contributed by atoms with E-state index in [1.54, 1.807) is 30.5 Å². The maximum Gasteiger partial charge on any atom is 0.276 e. The maximum atomic E-state index is 12.6. The molecular weight excluding hydrogens is 362 g/mol. The highest BCUT2D eigenvalue weighted by Crippen LogP contribution is 2.27. The Hall–Kier alpha value is -3.39. The number of aromatic nitrogens is 4. The van der Waals surface area contributed by atoms with E-state index in [1.165, 1.54) is 11.8 Å². The molecule has 0 aliphatic heterocycles. The minimum atomic E-state index is -0.382. The molecule has 0 aliphatic rings. The summed E-state index contributed by atoms with van der Waals surface area (Å²) in [5, 5.41) is 10.9. The van der Waals surface area contributed by atoms with Crippen molar-refractivity contribution in [2.24, 2.45) is 7.05 Å². The number of amides is 1. The zero-order valence-electron chi connectivity index (χ0n) is 14.3. The molecule has 7 nitrogen and oxygen atoms in total. The third-order valence-electron chi connectivity index (χ3n) is 4.01. The predicted octanol–water partition coefficient (Wildman–Crippen LogP) is 3.06. The highest BCUT2D eigenvalue weighted by atomic mass is 32.2. The van der Waals surface area contributed by atoms with Gasteiger partial charge in [-0.25, -0.2) is 10.1 Å². The molecular formula is C19H15N5O2S. The van der Waals surface area contributed by atoms with Crippen LogP contribution in [0.4, 0.5) is 5.69 Å². The van der Waals surface area contributed by atoms with Gasteiger partial charge in [0.1, 0.15) is 0 Å². The number of benzene rings is 2. The summed E-state index contributed by atoms with van der Waals surface area (Å²) in [7, 11) is 1.94. The van der Waals surface area contributed by atoms with Gasteiger partial charge in [0.2, 0.25) is 0 Å². The van der Waals surface area contributed by atoms with E-state index in [-0.39, 0.29) is 17.2 Å². The van der Waals surface area contributed by atoms with Crippen LogP contribution in [0, 0.1) is 0 Å². The number of H-pyrrole nitrogens is 1. The number of anilines is 1. The minimum Gasteiger partial charge on any atom is -0.329 e.